The zero-order valence-corrected chi connectivity index (χ0v) is 13.5. The van der Waals surface area contributed by atoms with E-state index >= 15 is 0 Å². The van der Waals surface area contributed by atoms with E-state index in [1.165, 1.54) is 0 Å². The number of nitrogens with zero attached hydrogens (tertiary/aromatic N) is 4. The summed E-state index contributed by atoms with van der Waals surface area (Å²) in [6, 6.07) is 5.13. The van der Waals surface area contributed by atoms with Crippen molar-refractivity contribution in [1.82, 2.24) is 20.1 Å². The van der Waals surface area contributed by atoms with Gasteiger partial charge in [0.25, 0.3) is 0 Å². The first-order valence-corrected chi connectivity index (χ1v) is 8.06. The summed E-state index contributed by atoms with van der Waals surface area (Å²) in [5.74, 6) is -1.14. The maximum atomic E-state index is 12.5. The van der Waals surface area contributed by atoms with Crippen LogP contribution in [0.1, 0.15) is 12.8 Å². The van der Waals surface area contributed by atoms with Crippen molar-refractivity contribution in [2.45, 2.75) is 12.8 Å². The first-order chi connectivity index (χ1) is 11.6. The molecule has 8 heteroatoms. The number of carbonyl (C=O) groups is 2. The van der Waals surface area contributed by atoms with Crippen LogP contribution in [0.15, 0.2) is 22.8 Å². The molecule has 0 bridgehead atoms. The Labute approximate surface area is 138 Å². The minimum atomic E-state index is -0.645. The fourth-order valence-corrected chi connectivity index (χ4v) is 3.83. The second-order valence-corrected chi connectivity index (χ2v) is 6.86. The smallest absolute Gasteiger partial charge is 0.313 e. The predicted molar refractivity (Wildman–Crippen MR) is 86.2 cm³/mol. The van der Waals surface area contributed by atoms with Crippen molar-refractivity contribution >= 4 is 28.5 Å². The third kappa shape index (κ3) is 2.52. The van der Waals surface area contributed by atoms with Gasteiger partial charge in [-0.25, -0.2) is 4.63 Å². The van der Waals surface area contributed by atoms with Gasteiger partial charge in [0.1, 0.15) is 5.52 Å². The van der Waals surface area contributed by atoms with Gasteiger partial charge in [0.2, 0.25) is 0 Å². The van der Waals surface area contributed by atoms with Crippen LogP contribution in [0.2, 0.25) is 0 Å². The highest BCUT2D eigenvalue weighted by Crippen LogP contribution is 2.38. The van der Waals surface area contributed by atoms with Crippen LogP contribution in [0.4, 0.5) is 5.69 Å². The van der Waals surface area contributed by atoms with Gasteiger partial charge in [-0.15, -0.1) is 0 Å². The number of benzene rings is 1. The standard InChI is InChI=1S/C16H19N5O3/c1-20-7-5-16(9-20)6-8-21(10-16)15(23)14(22)17-11-3-2-4-12-13(11)19-24-18-12/h2-4H,5-10H2,1H3,(H,17,22). The van der Waals surface area contributed by atoms with Gasteiger partial charge in [-0.3, -0.25) is 9.59 Å². The molecule has 2 aromatic rings. The molecular weight excluding hydrogens is 310 g/mol. The fourth-order valence-electron chi connectivity index (χ4n) is 3.83. The third-order valence-corrected chi connectivity index (χ3v) is 5.08. The molecule has 1 unspecified atom stereocenters. The second kappa shape index (κ2) is 5.55. The molecule has 0 aliphatic carbocycles. The number of hydrogen-bond donors (Lipinski definition) is 1. The number of carbonyl (C=O) groups excluding carboxylic acids is 2. The molecule has 1 spiro atoms. The fraction of sp³-hybridized carbons (Fsp3) is 0.500. The summed E-state index contributed by atoms with van der Waals surface area (Å²) in [7, 11) is 2.10. The van der Waals surface area contributed by atoms with Crippen molar-refractivity contribution in [3.63, 3.8) is 0 Å². The van der Waals surface area contributed by atoms with Crippen LogP contribution in [0, 0.1) is 5.41 Å². The summed E-state index contributed by atoms with van der Waals surface area (Å²) >= 11 is 0. The number of rotatable bonds is 1. The van der Waals surface area contributed by atoms with E-state index in [1.54, 1.807) is 23.1 Å². The molecule has 1 N–H and O–H groups in total. The molecule has 2 aliphatic heterocycles. The van der Waals surface area contributed by atoms with E-state index in [9.17, 15) is 9.59 Å². The first kappa shape index (κ1) is 15.1. The minimum Gasteiger partial charge on any atom is -0.334 e. The Balaban J connectivity index is 1.45. The van der Waals surface area contributed by atoms with E-state index in [4.69, 9.17) is 0 Å². The molecule has 3 heterocycles. The van der Waals surface area contributed by atoms with Crippen LogP contribution >= 0.6 is 0 Å². The lowest BCUT2D eigenvalue weighted by molar-refractivity contribution is -0.142. The quantitative estimate of drug-likeness (QED) is 0.775. The van der Waals surface area contributed by atoms with Crippen LogP contribution in [-0.4, -0.2) is 65.2 Å². The van der Waals surface area contributed by atoms with Crippen LogP contribution in [0.25, 0.3) is 11.0 Å². The number of nitrogens with one attached hydrogen (secondary N) is 1. The lowest BCUT2D eigenvalue weighted by Crippen LogP contribution is -2.40. The van der Waals surface area contributed by atoms with Crippen molar-refractivity contribution in [3.8, 4) is 0 Å². The number of hydrogen-bond acceptors (Lipinski definition) is 6. The van der Waals surface area contributed by atoms with E-state index < -0.39 is 11.8 Å². The van der Waals surface area contributed by atoms with Gasteiger partial charge in [0, 0.05) is 25.0 Å². The van der Waals surface area contributed by atoms with Crippen LogP contribution in [0.5, 0.6) is 0 Å². The summed E-state index contributed by atoms with van der Waals surface area (Å²) in [4.78, 5) is 28.8. The maximum Gasteiger partial charge on any atom is 0.313 e. The molecule has 4 rings (SSSR count). The Morgan fingerprint density at radius 3 is 2.83 bits per heavy atom. The van der Waals surface area contributed by atoms with Gasteiger partial charge in [0.05, 0.1) is 5.69 Å². The zero-order chi connectivity index (χ0) is 16.7. The Morgan fingerprint density at radius 2 is 2.04 bits per heavy atom. The van der Waals surface area contributed by atoms with Crippen molar-refractivity contribution in [1.29, 1.82) is 0 Å². The largest absolute Gasteiger partial charge is 0.334 e. The summed E-state index contributed by atoms with van der Waals surface area (Å²) < 4.78 is 4.67. The normalized spacial score (nSPS) is 24.1. The molecule has 2 fully saturated rings. The average molecular weight is 329 g/mol. The van der Waals surface area contributed by atoms with Crippen molar-refractivity contribution in [3.05, 3.63) is 18.2 Å². The highest BCUT2D eigenvalue weighted by Gasteiger charge is 2.44. The van der Waals surface area contributed by atoms with Crippen LogP contribution < -0.4 is 5.32 Å². The predicted octanol–water partition coefficient (Wildman–Crippen LogP) is 0.715. The molecule has 2 amide bonds. The zero-order valence-electron chi connectivity index (χ0n) is 13.5. The topological polar surface area (TPSA) is 91.6 Å². The Morgan fingerprint density at radius 1 is 1.21 bits per heavy atom. The number of anilines is 1. The number of likely N-dealkylation sites (tertiary alicyclic amines) is 2. The Bertz CT molecular complexity index is 804. The van der Waals surface area contributed by atoms with E-state index in [1.807, 2.05) is 0 Å². The van der Waals surface area contributed by atoms with Crippen LogP contribution in [0.3, 0.4) is 0 Å². The number of aromatic nitrogens is 2. The van der Waals surface area contributed by atoms with Gasteiger partial charge < -0.3 is 15.1 Å². The second-order valence-electron chi connectivity index (χ2n) is 6.86. The lowest BCUT2D eigenvalue weighted by atomic mass is 9.86. The molecule has 1 aromatic heterocycles. The van der Waals surface area contributed by atoms with Crippen molar-refractivity contribution < 1.29 is 14.2 Å². The van der Waals surface area contributed by atoms with E-state index in [2.05, 4.69) is 32.2 Å². The Kier molecular flexibility index (Phi) is 3.49. The van der Waals surface area contributed by atoms with Crippen LogP contribution in [-0.2, 0) is 9.59 Å². The monoisotopic (exact) mass is 329 g/mol. The molecule has 0 radical (unpaired) electrons. The van der Waals surface area contributed by atoms with E-state index in [0.29, 0.717) is 29.8 Å². The minimum absolute atomic E-state index is 0.154. The van der Waals surface area contributed by atoms with Gasteiger partial charge in [-0.2, -0.15) is 0 Å². The molecule has 0 saturated carbocycles. The Hall–Kier alpha value is -2.48. The molecule has 24 heavy (non-hydrogen) atoms. The van der Waals surface area contributed by atoms with Gasteiger partial charge in [0.15, 0.2) is 5.52 Å². The molecule has 2 saturated heterocycles. The van der Waals surface area contributed by atoms with Crippen molar-refractivity contribution in [2.75, 3.05) is 38.5 Å². The molecular formula is C16H19N5O3. The first-order valence-electron chi connectivity index (χ1n) is 8.06. The number of fused-ring (bicyclic) bond motifs is 1. The lowest BCUT2D eigenvalue weighted by Gasteiger charge is -2.23. The van der Waals surface area contributed by atoms with Gasteiger partial charge in [-0.1, -0.05) is 6.07 Å². The molecule has 2 aliphatic rings. The molecule has 1 atom stereocenters. The summed E-state index contributed by atoms with van der Waals surface area (Å²) in [5.41, 5.74) is 1.56. The molecule has 8 nitrogen and oxygen atoms in total. The SMILES string of the molecule is CN1CCC2(CCN(C(=O)C(=O)Nc3cccc4nonc34)C2)C1. The van der Waals surface area contributed by atoms with Crippen molar-refractivity contribution in [2.24, 2.45) is 5.41 Å². The van der Waals surface area contributed by atoms with E-state index in [-0.39, 0.29) is 5.41 Å². The summed E-state index contributed by atoms with van der Waals surface area (Å²) in [5, 5.41) is 10.1. The summed E-state index contributed by atoms with van der Waals surface area (Å²) in [6.45, 7) is 3.33. The third-order valence-electron chi connectivity index (χ3n) is 5.08. The summed E-state index contributed by atoms with van der Waals surface area (Å²) in [6.07, 6.45) is 2.04. The van der Waals surface area contributed by atoms with Gasteiger partial charge in [-0.05, 0) is 48.9 Å². The highest BCUT2D eigenvalue weighted by molar-refractivity contribution is 6.40. The average Bonchev–Trinajstić information content (AvgIpc) is 3.28. The van der Waals surface area contributed by atoms with E-state index in [0.717, 1.165) is 25.9 Å². The molecule has 1 aromatic carbocycles. The van der Waals surface area contributed by atoms with Gasteiger partial charge >= 0.3 is 11.8 Å². The number of amides is 2. The maximum absolute atomic E-state index is 12.5. The molecule has 126 valence electrons. The highest BCUT2D eigenvalue weighted by atomic mass is 16.6.